The van der Waals surface area contributed by atoms with E-state index >= 15 is 0 Å². The molecular formula is C13H16ClF3N2O. The minimum Gasteiger partial charge on any atom is -0.327 e. The molecule has 3 N–H and O–H groups in total. The number of carbonyl (C=O) groups excluding carboxylic acids is 1. The van der Waals surface area contributed by atoms with Crippen molar-refractivity contribution in [2.45, 2.75) is 31.7 Å². The van der Waals surface area contributed by atoms with Crippen LogP contribution in [0.25, 0.3) is 0 Å². The highest BCUT2D eigenvalue weighted by Crippen LogP contribution is 2.27. The first-order chi connectivity index (χ1) is 8.97. The molecule has 2 rings (SSSR count). The maximum Gasteiger partial charge on any atom is 0.224 e. The summed E-state index contributed by atoms with van der Waals surface area (Å²) >= 11 is 0. The molecule has 1 fully saturated rings. The van der Waals surface area contributed by atoms with Gasteiger partial charge in [-0.25, -0.2) is 13.2 Å². The number of nitrogens with one attached hydrogen (secondary N) is 1. The van der Waals surface area contributed by atoms with Crippen molar-refractivity contribution in [3.63, 3.8) is 0 Å². The topological polar surface area (TPSA) is 55.1 Å². The van der Waals surface area contributed by atoms with Crippen molar-refractivity contribution < 1.29 is 18.0 Å². The van der Waals surface area contributed by atoms with Crippen molar-refractivity contribution in [3.05, 3.63) is 29.6 Å². The Morgan fingerprint density at radius 2 is 1.85 bits per heavy atom. The van der Waals surface area contributed by atoms with Crippen LogP contribution in [0.5, 0.6) is 0 Å². The average molecular weight is 309 g/mol. The Hall–Kier alpha value is -1.27. The lowest BCUT2D eigenvalue weighted by Gasteiger charge is -2.15. The Bertz CT molecular complexity index is 499. The molecule has 0 unspecified atom stereocenters. The molecule has 112 valence electrons. The summed E-state index contributed by atoms with van der Waals surface area (Å²) in [5, 5.41) is 2.25. The molecule has 1 amide bonds. The lowest BCUT2D eigenvalue weighted by Crippen LogP contribution is -2.28. The van der Waals surface area contributed by atoms with E-state index in [1.54, 1.807) is 0 Å². The van der Waals surface area contributed by atoms with Gasteiger partial charge in [0.2, 0.25) is 5.91 Å². The van der Waals surface area contributed by atoms with Gasteiger partial charge in [0.15, 0.2) is 11.6 Å². The molecule has 0 spiro atoms. The number of amides is 1. The predicted molar refractivity (Wildman–Crippen MR) is 72.1 cm³/mol. The maximum atomic E-state index is 13.3. The summed E-state index contributed by atoms with van der Waals surface area (Å²) in [6.07, 6.45) is 2.87. The largest absolute Gasteiger partial charge is 0.327 e. The molecule has 1 aliphatic rings. The van der Waals surface area contributed by atoms with Crippen molar-refractivity contribution in [2.75, 3.05) is 5.32 Å². The first-order valence-electron chi connectivity index (χ1n) is 6.17. The van der Waals surface area contributed by atoms with Crippen LogP contribution < -0.4 is 11.1 Å². The molecule has 0 radical (unpaired) electrons. The molecule has 0 saturated heterocycles. The zero-order valence-electron chi connectivity index (χ0n) is 10.7. The molecule has 20 heavy (non-hydrogen) atoms. The van der Waals surface area contributed by atoms with Crippen LogP contribution in [0.2, 0.25) is 0 Å². The van der Waals surface area contributed by atoms with Gasteiger partial charge in [0.1, 0.15) is 5.82 Å². The number of rotatable bonds is 3. The van der Waals surface area contributed by atoms with E-state index in [-0.39, 0.29) is 36.5 Å². The third-order valence-corrected chi connectivity index (χ3v) is 3.45. The van der Waals surface area contributed by atoms with Gasteiger partial charge in [0.05, 0.1) is 5.69 Å². The molecule has 1 saturated carbocycles. The first-order valence-corrected chi connectivity index (χ1v) is 6.17. The fraction of sp³-hybridized carbons (Fsp3) is 0.462. The summed E-state index contributed by atoms with van der Waals surface area (Å²) in [7, 11) is 0. The van der Waals surface area contributed by atoms with Crippen molar-refractivity contribution >= 4 is 24.0 Å². The number of hydrogen-bond donors (Lipinski definition) is 2. The monoisotopic (exact) mass is 308 g/mol. The molecule has 1 aromatic rings. The summed E-state index contributed by atoms with van der Waals surface area (Å²) < 4.78 is 39.0. The summed E-state index contributed by atoms with van der Waals surface area (Å²) in [6, 6.07) is 1.02. The number of halogens is 4. The van der Waals surface area contributed by atoms with E-state index in [9.17, 15) is 18.0 Å². The molecule has 0 heterocycles. The maximum absolute atomic E-state index is 13.3. The lowest BCUT2D eigenvalue weighted by molar-refractivity contribution is -0.117. The Kier molecular flexibility index (Phi) is 5.83. The zero-order valence-corrected chi connectivity index (χ0v) is 11.5. The second-order valence-electron chi connectivity index (χ2n) is 4.85. The molecule has 0 aromatic heterocycles. The van der Waals surface area contributed by atoms with Crippen LogP contribution in [0.4, 0.5) is 18.9 Å². The van der Waals surface area contributed by atoms with Crippen molar-refractivity contribution in [3.8, 4) is 0 Å². The minimum absolute atomic E-state index is 0. The van der Waals surface area contributed by atoms with E-state index < -0.39 is 23.4 Å². The zero-order chi connectivity index (χ0) is 14.0. The highest BCUT2D eigenvalue weighted by Gasteiger charge is 2.26. The molecule has 7 heteroatoms. The second kappa shape index (κ2) is 6.95. The number of anilines is 1. The van der Waals surface area contributed by atoms with Gasteiger partial charge in [-0.2, -0.15) is 0 Å². The Morgan fingerprint density at radius 1 is 1.20 bits per heavy atom. The van der Waals surface area contributed by atoms with Gasteiger partial charge in [-0.3, -0.25) is 4.79 Å². The predicted octanol–water partition coefficient (Wildman–Crippen LogP) is 2.98. The standard InChI is InChI=1S/C13H15F3N2O.ClH/c14-8-5-10(16)12(6-9(8)15)18-13(19)4-7-2-1-3-11(7)17;/h5-7,11H,1-4,17H2,(H,18,19);1H/t7-,11+;/m0./s1. The smallest absolute Gasteiger partial charge is 0.224 e. The highest BCUT2D eigenvalue weighted by atomic mass is 35.5. The van der Waals surface area contributed by atoms with Crippen molar-refractivity contribution in [1.82, 2.24) is 0 Å². The number of carbonyl (C=O) groups is 1. The minimum atomic E-state index is -1.28. The SMILES string of the molecule is Cl.N[C@@H]1CCC[C@H]1CC(=O)Nc1cc(F)c(F)cc1F. The van der Waals surface area contributed by atoms with Crippen LogP contribution in [0.3, 0.4) is 0 Å². The van der Waals surface area contributed by atoms with Gasteiger partial charge in [-0.1, -0.05) is 6.42 Å². The molecular weight excluding hydrogens is 293 g/mol. The summed E-state index contributed by atoms with van der Waals surface area (Å²) in [5.41, 5.74) is 5.48. The van der Waals surface area contributed by atoms with E-state index in [2.05, 4.69) is 5.32 Å². The van der Waals surface area contributed by atoms with Gasteiger partial charge in [0.25, 0.3) is 0 Å². The third kappa shape index (κ3) is 3.86. The van der Waals surface area contributed by atoms with E-state index in [0.29, 0.717) is 12.1 Å². The Balaban J connectivity index is 0.00000200. The molecule has 0 aliphatic heterocycles. The molecule has 0 bridgehead atoms. The second-order valence-corrected chi connectivity index (χ2v) is 4.85. The molecule has 3 nitrogen and oxygen atoms in total. The van der Waals surface area contributed by atoms with Gasteiger partial charge in [-0.05, 0) is 18.8 Å². The van der Waals surface area contributed by atoms with E-state index in [0.717, 1.165) is 19.3 Å². The highest BCUT2D eigenvalue weighted by molar-refractivity contribution is 5.91. The van der Waals surface area contributed by atoms with Crippen LogP contribution >= 0.6 is 12.4 Å². The molecule has 1 aromatic carbocycles. The van der Waals surface area contributed by atoms with Gasteiger partial charge in [0, 0.05) is 24.6 Å². The normalized spacial score (nSPS) is 21.4. The van der Waals surface area contributed by atoms with Gasteiger partial charge >= 0.3 is 0 Å². The molecule has 2 atom stereocenters. The number of nitrogens with two attached hydrogens (primary N) is 1. The number of hydrogen-bond acceptors (Lipinski definition) is 2. The first kappa shape index (κ1) is 16.8. The number of benzene rings is 1. The quantitative estimate of drug-likeness (QED) is 0.843. The summed E-state index contributed by atoms with van der Waals surface area (Å²) in [5.74, 6) is -3.86. The Labute approximate surface area is 121 Å². The van der Waals surface area contributed by atoms with Gasteiger partial charge in [-0.15, -0.1) is 12.4 Å². The summed E-state index contributed by atoms with van der Waals surface area (Å²) in [6.45, 7) is 0. The lowest BCUT2D eigenvalue weighted by atomic mass is 10.00. The average Bonchev–Trinajstić information content (AvgIpc) is 2.72. The van der Waals surface area contributed by atoms with Crippen molar-refractivity contribution in [2.24, 2.45) is 11.7 Å². The third-order valence-electron chi connectivity index (χ3n) is 3.45. The van der Waals surface area contributed by atoms with Gasteiger partial charge < -0.3 is 11.1 Å². The fourth-order valence-corrected chi connectivity index (χ4v) is 2.38. The van der Waals surface area contributed by atoms with Crippen LogP contribution in [0.1, 0.15) is 25.7 Å². The summed E-state index contributed by atoms with van der Waals surface area (Å²) in [4.78, 5) is 11.7. The molecule has 1 aliphatic carbocycles. The van der Waals surface area contributed by atoms with E-state index in [4.69, 9.17) is 5.73 Å². The van der Waals surface area contributed by atoms with Crippen LogP contribution in [-0.4, -0.2) is 11.9 Å². The fourth-order valence-electron chi connectivity index (χ4n) is 2.38. The van der Waals surface area contributed by atoms with Crippen LogP contribution in [0, 0.1) is 23.4 Å². The van der Waals surface area contributed by atoms with Crippen LogP contribution in [0.15, 0.2) is 12.1 Å². The van der Waals surface area contributed by atoms with Crippen LogP contribution in [-0.2, 0) is 4.79 Å². The van der Waals surface area contributed by atoms with E-state index in [1.807, 2.05) is 0 Å². The Morgan fingerprint density at radius 3 is 2.45 bits per heavy atom. The van der Waals surface area contributed by atoms with E-state index in [1.165, 1.54) is 0 Å². The van der Waals surface area contributed by atoms with Crippen molar-refractivity contribution in [1.29, 1.82) is 0 Å².